The number of para-hydroxylation sites is 4. The fourth-order valence-electron chi connectivity index (χ4n) is 13.2. The number of benzene rings is 14. The van der Waals surface area contributed by atoms with Gasteiger partial charge in [0.25, 0.3) is 0 Å². The molecule has 4 heterocycles. The van der Waals surface area contributed by atoms with Crippen LogP contribution in [0.3, 0.4) is 0 Å². The number of nitrogens with zero attached hydrogens (tertiary/aromatic N) is 6. The number of hydrogen-bond donors (Lipinski definition) is 2. The van der Waals surface area contributed by atoms with Gasteiger partial charge in [-0.2, -0.15) is 0 Å². The van der Waals surface area contributed by atoms with E-state index in [9.17, 15) is 10.0 Å². The van der Waals surface area contributed by atoms with E-state index in [1.165, 1.54) is 65.2 Å². The molecule has 4 aromatic heterocycles. The minimum absolute atomic E-state index is 0.424. The van der Waals surface area contributed by atoms with Crippen LogP contribution >= 0.6 is 11.6 Å². The van der Waals surface area contributed by atoms with Crippen molar-refractivity contribution in [2.75, 3.05) is 0 Å². The Morgan fingerprint density at radius 3 is 1.03 bits per heavy atom. The molecule has 90 heavy (non-hydrogen) atoms. The van der Waals surface area contributed by atoms with Crippen molar-refractivity contribution in [3.63, 3.8) is 0 Å². The molecular weight excluding hydrogens is 1120 g/mol. The van der Waals surface area contributed by atoms with Gasteiger partial charge in [-0.1, -0.05) is 248 Å². The Bertz CT molecular complexity index is 5660. The van der Waals surface area contributed by atoms with E-state index in [0.29, 0.717) is 10.6 Å². The van der Waals surface area contributed by atoms with Gasteiger partial charge in [0.1, 0.15) is 5.15 Å². The van der Waals surface area contributed by atoms with Crippen molar-refractivity contribution in [1.29, 1.82) is 0 Å². The highest BCUT2D eigenvalue weighted by Gasteiger charge is 2.18. The fraction of sp³-hybridized carbons (Fsp3) is 0. The summed E-state index contributed by atoms with van der Waals surface area (Å²) >= 11 is 6.00. The van der Waals surface area contributed by atoms with E-state index >= 15 is 0 Å². The van der Waals surface area contributed by atoms with E-state index in [-0.39, 0.29) is 0 Å². The molecule has 0 aliphatic rings. The fourth-order valence-corrected chi connectivity index (χ4v) is 13.3. The third-order valence-electron chi connectivity index (χ3n) is 17.2. The third-order valence-corrected chi connectivity index (χ3v) is 17.4. The second-order valence-electron chi connectivity index (χ2n) is 22.4. The summed E-state index contributed by atoms with van der Waals surface area (Å²) in [4.78, 5) is 19.1. The molecule has 18 rings (SSSR count). The molecule has 18 aromatic rings. The molecule has 0 saturated carbocycles. The van der Waals surface area contributed by atoms with E-state index in [4.69, 9.17) is 21.6 Å². The summed E-state index contributed by atoms with van der Waals surface area (Å²) in [5.74, 6) is 0. The van der Waals surface area contributed by atoms with E-state index in [1.807, 2.05) is 60.8 Å². The summed E-state index contributed by atoms with van der Waals surface area (Å²) in [6.45, 7) is 0. The summed E-state index contributed by atoms with van der Waals surface area (Å²) in [6, 6.07) is 101. The molecule has 0 saturated heterocycles. The number of hydrogen-bond acceptors (Lipinski definition) is 6. The van der Waals surface area contributed by atoms with Crippen molar-refractivity contribution in [1.82, 2.24) is 29.1 Å². The lowest BCUT2D eigenvalue weighted by Gasteiger charge is -2.12. The maximum absolute atomic E-state index is 9.49. The third kappa shape index (κ3) is 9.53. The molecule has 10 heteroatoms. The predicted octanol–water partition coefficient (Wildman–Crippen LogP) is 19.1. The molecule has 0 fully saturated rings. The van der Waals surface area contributed by atoms with Crippen LogP contribution in [0.4, 0.5) is 0 Å². The zero-order valence-corrected chi connectivity index (χ0v) is 49.2. The van der Waals surface area contributed by atoms with Crippen LogP contribution in [0.5, 0.6) is 0 Å². The average molecular weight is 1180 g/mol. The minimum Gasteiger partial charge on any atom is -0.423 e. The highest BCUT2D eigenvalue weighted by molar-refractivity contribution is 6.58. The van der Waals surface area contributed by atoms with E-state index in [0.717, 1.165) is 88.5 Å². The molecule has 0 radical (unpaired) electrons. The maximum Gasteiger partial charge on any atom is 0.488 e. The summed E-state index contributed by atoms with van der Waals surface area (Å²) in [5, 5.41) is 33.6. The van der Waals surface area contributed by atoms with Gasteiger partial charge in [0.05, 0.1) is 62.2 Å². The Morgan fingerprint density at radius 1 is 0.278 bits per heavy atom. The number of aromatic nitrogens is 6. The zero-order valence-electron chi connectivity index (χ0n) is 48.4. The first-order valence-corrected chi connectivity index (χ1v) is 30.3. The maximum atomic E-state index is 9.49. The molecule has 14 aromatic carbocycles. The summed E-state index contributed by atoms with van der Waals surface area (Å²) in [5.41, 5.74) is 17.3. The lowest BCUT2D eigenvalue weighted by molar-refractivity contribution is 0.426. The highest BCUT2D eigenvalue weighted by atomic mass is 35.5. The van der Waals surface area contributed by atoms with E-state index in [1.54, 1.807) is 12.3 Å². The Kier molecular flexibility index (Phi) is 13.7. The van der Waals surface area contributed by atoms with Crippen molar-refractivity contribution in [3.8, 4) is 44.9 Å². The van der Waals surface area contributed by atoms with Crippen LogP contribution in [-0.2, 0) is 0 Å². The van der Waals surface area contributed by atoms with Gasteiger partial charge in [0.15, 0.2) is 0 Å². The van der Waals surface area contributed by atoms with Crippen molar-refractivity contribution < 1.29 is 10.0 Å². The smallest absolute Gasteiger partial charge is 0.423 e. The second kappa shape index (κ2) is 22.8. The van der Waals surface area contributed by atoms with Gasteiger partial charge in [-0.05, 0) is 104 Å². The SMILES string of the molecule is Clc1cnc2c3ccccc3c3ccccc3c2n1.OB(O)c1cccc(-c2cccc(-n3c4ccccc4c4ccccc43)c2)c1.c1cc(-c2cccc(-n3c4ccccc4c4ccccc43)c2)cc(-c2cnc3c4ccccc4c4ccccc4c3n2)c1. The van der Waals surface area contributed by atoms with Crippen LogP contribution < -0.4 is 5.46 Å². The topological polar surface area (TPSA) is 102 Å². The van der Waals surface area contributed by atoms with Crippen LogP contribution in [-0.4, -0.2) is 46.2 Å². The monoisotopic (exact) mass is 1170 g/mol. The molecule has 0 aliphatic heterocycles. The summed E-state index contributed by atoms with van der Waals surface area (Å²) in [7, 11) is -1.47. The Hall–Kier alpha value is -11.3. The van der Waals surface area contributed by atoms with Crippen molar-refractivity contribution >= 4 is 133 Å². The van der Waals surface area contributed by atoms with Gasteiger partial charge in [-0.3, -0.25) is 9.97 Å². The number of halogens is 1. The van der Waals surface area contributed by atoms with Crippen molar-refractivity contribution in [2.45, 2.75) is 0 Å². The first-order chi connectivity index (χ1) is 44.4. The Balaban J connectivity index is 0.000000118. The molecule has 0 aliphatic carbocycles. The van der Waals surface area contributed by atoms with E-state index in [2.05, 4.69) is 250 Å². The van der Waals surface area contributed by atoms with Gasteiger partial charge < -0.3 is 19.2 Å². The number of rotatable bonds is 6. The second-order valence-corrected chi connectivity index (χ2v) is 22.8. The van der Waals surface area contributed by atoms with Crippen molar-refractivity contribution in [3.05, 3.63) is 309 Å². The molecular formula is C80H52BClN6O2. The highest BCUT2D eigenvalue weighted by Crippen LogP contribution is 2.39. The van der Waals surface area contributed by atoms with Crippen LogP contribution in [0.15, 0.2) is 304 Å². The van der Waals surface area contributed by atoms with Gasteiger partial charge in [-0.15, -0.1) is 0 Å². The lowest BCUT2D eigenvalue weighted by atomic mass is 9.79. The van der Waals surface area contributed by atoms with Crippen LogP contribution in [0.1, 0.15) is 0 Å². The van der Waals surface area contributed by atoms with Gasteiger partial charge in [0.2, 0.25) is 0 Å². The molecule has 0 bridgehead atoms. The molecule has 0 atom stereocenters. The molecule has 0 amide bonds. The molecule has 0 spiro atoms. The molecule has 2 N–H and O–H groups in total. The summed E-state index contributed by atoms with van der Waals surface area (Å²) < 4.78 is 4.64. The normalized spacial score (nSPS) is 11.5. The van der Waals surface area contributed by atoms with Gasteiger partial charge >= 0.3 is 7.12 Å². The standard InChI is InChI=1S/C40H25N3.C24H18BNO2.C16H9ClN2/c1-3-19-34-30(15-1)31-16-2-4-20-35(31)40-39(34)41-25-36(42-40)28-13-9-11-26(23-28)27-12-10-14-29(24-27)43-37-21-7-5-17-32(37)33-18-6-8-22-38(33)43;27-25(28)19-9-5-7-17(15-19)18-8-6-10-20(16-18)26-23-13-3-1-11-21(23)22-12-2-4-14-24(22)26;17-14-9-18-15-12-7-3-1-5-10(12)11-6-2-4-8-13(11)16(15)19-14/h1-25H;1-16,27-28H;1-9H. The van der Waals surface area contributed by atoms with Crippen molar-refractivity contribution in [2.24, 2.45) is 0 Å². The molecule has 424 valence electrons. The average Bonchev–Trinajstić information content (AvgIpc) is 2.35. The first kappa shape index (κ1) is 54.1. The van der Waals surface area contributed by atoms with Gasteiger partial charge in [0, 0.05) is 60.0 Å². The van der Waals surface area contributed by atoms with Crippen LogP contribution in [0, 0.1) is 0 Å². The first-order valence-electron chi connectivity index (χ1n) is 29.9. The quantitative estimate of drug-likeness (QED) is 0.127. The number of fused-ring (bicyclic) bond motifs is 18. The lowest BCUT2D eigenvalue weighted by Crippen LogP contribution is -2.29. The Labute approximate surface area is 522 Å². The predicted molar refractivity (Wildman–Crippen MR) is 375 cm³/mol. The molecule has 0 unspecified atom stereocenters. The zero-order chi connectivity index (χ0) is 60.2. The van der Waals surface area contributed by atoms with Crippen LogP contribution in [0.25, 0.3) is 154 Å². The minimum atomic E-state index is -1.47. The summed E-state index contributed by atoms with van der Waals surface area (Å²) in [6.07, 6.45) is 3.52. The van der Waals surface area contributed by atoms with E-state index < -0.39 is 7.12 Å². The van der Waals surface area contributed by atoms with Crippen LogP contribution in [0.2, 0.25) is 5.15 Å². The Morgan fingerprint density at radius 2 is 0.600 bits per heavy atom. The molecule has 8 nitrogen and oxygen atoms in total. The van der Waals surface area contributed by atoms with Gasteiger partial charge in [-0.25, -0.2) is 9.97 Å². The largest absolute Gasteiger partial charge is 0.488 e.